The highest BCUT2D eigenvalue weighted by Gasteiger charge is 2.05. The molecule has 1 heterocycles. The predicted octanol–water partition coefficient (Wildman–Crippen LogP) is 1.02. The van der Waals surface area contributed by atoms with Crippen molar-refractivity contribution < 1.29 is 4.79 Å². The van der Waals surface area contributed by atoms with E-state index in [9.17, 15) is 4.79 Å². The van der Waals surface area contributed by atoms with Crippen molar-refractivity contribution in [2.45, 2.75) is 26.7 Å². The Morgan fingerprint density at radius 3 is 2.44 bits per heavy atom. The highest BCUT2D eigenvalue weighted by Crippen LogP contribution is 2.12. The molecule has 0 fully saturated rings. The van der Waals surface area contributed by atoms with Crippen molar-refractivity contribution in [1.82, 2.24) is 15.3 Å². The van der Waals surface area contributed by atoms with Crippen LogP contribution in [0.5, 0.6) is 0 Å². The molecule has 0 unspecified atom stereocenters. The van der Waals surface area contributed by atoms with Crippen molar-refractivity contribution in [3.63, 3.8) is 0 Å². The minimum absolute atomic E-state index is 0.0735. The number of carbonyl (C=O) groups excluding carboxylic acids is 1. The highest BCUT2D eigenvalue weighted by molar-refractivity contribution is 5.80. The molecule has 1 rings (SSSR count). The maximum absolute atomic E-state index is 11.2. The van der Waals surface area contributed by atoms with Crippen LogP contribution in [0.15, 0.2) is 6.07 Å². The number of anilines is 2. The normalized spacial score (nSPS) is 9.94. The first-order chi connectivity index (χ1) is 8.69. The molecule has 3 N–H and O–H groups in total. The standard InChI is InChI=1S/C12H21N5O/c1-4-6-9-16-10(14-5-2)7-11(17-9)15-8-12(18)13-3/h7H,4-6,8H2,1-3H3,(H,13,18)(H2,14,15,16,17). The van der Waals surface area contributed by atoms with Crippen molar-refractivity contribution in [3.8, 4) is 0 Å². The number of carbonyl (C=O) groups is 1. The van der Waals surface area contributed by atoms with E-state index in [4.69, 9.17) is 0 Å². The van der Waals surface area contributed by atoms with E-state index in [1.807, 2.05) is 13.0 Å². The van der Waals surface area contributed by atoms with Gasteiger partial charge in [0, 0.05) is 26.1 Å². The second-order valence-corrected chi connectivity index (χ2v) is 3.86. The molecule has 18 heavy (non-hydrogen) atoms. The molecule has 1 amide bonds. The number of aryl methyl sites for hydroxylation is 1. The van der Waals surface area contributed by atoms with Crippen LogP contribution in [0.25, 0.3) is 0 Å². The average Bonchev–Trinajstić information content (AvgIpc) is 2.36. The van der Waals surface area contributed by atoms with Crippen LogP contribution in [0.4, 0.5) is 11.6 Å². The van der Waals surface area contributed by atoms with Gasteiger partial charge in [-0.1, -0.05) is 6.92 Å². The zero-order chi connectivity index (χ0) is 13.4. The fraction of sp³-hybridized carbons (Fsp3) is 0.583. The summed E-state index contributed by atoms with van der Waals surface area (Å²) < 4.78 is 0. The van der Waals surface area contributed by atoms with E-state index in [2.05, 4.69) is 32.8 Å². The number of rotatable bonds is 7. The molecule has 0 spiro atoms. The minimum Gasteiger partial charge on any atom is -0.370 e. The van der Waals surface area contributed by atoms with Crippen LogP contribution in [0.1, 0.15) is 26.1 Å². The maximum Gasteiger partial charge on any atom is 0.239 e. The van der Waals surface area contributed by atoms with E-state index in [1.54, 1.807) is 7.05 Å². The summed E-state index contributed by atoms with van der Waals surface area (Å²) in [6.07, 6.45) is 1.82. The van der Waals surface area contributed by atoms with Crippen molar-refractivity contribution in [2.24, 2.45) is 0 Å². The molecular weight excluding hydrogens is 230 g/mol. The summed E-state index contributed by atoms with van der Waals surface area (Å²) in [6.45, 7) is 5.11. The Hall–Kier alpha value is -1.85. The quantitative estimate of drug-likeness (QED) is 0.674. The zero-order valence-corrected chi connectivity index (χ0v) is 11.2. The lowest BCUT2D eigenvalue weighted by Crippen LogP contribution is -2.26. The summed E-state index contributed by atoms with van der Waals surface area (Å²) in [4.78, 5) is 19.9. The molecule has 0 saturated heterocycles. The maximum atomic E-state index is 11.2. The first-order valence-corrected chi connectivity index (χ1v) is 6.25. The number of hydrogen-bond acceptors (Lipinski definition) is 5. The van der Waals surface area contributed by atoms with Crippen LogP contribution in [0.3, 0.4) is 0 Å². The van der Waals surface area contributed by atoms with E-state index in [0.717, 1.165) is 31.0 Å². The van der Waals surface area contributed by atoms with Crippen molar-refractivity contribution in [2.75, 3.05) is 30.8 Å². The Balaban J connectivity index is 2.78. The van der Waals surface area contributed by atoms with E-state index in [-0.39, 0.29) is 12.5 Å². The second kappa shape index (κ2) is 7.47. The molecule has 0 aliphatic heterocycles. The lowest BCUT2D eigenvalue weighted by molar-refractivity contribution is -0.118. The molecular formula is C12H21N5O. The number of nitrogens with zero attached hydrogens (tertiary/aromatic N) is 2. The van der Waals surface area contributed by atoms with Crippen molar-refractivity contribution >= 4 is 17.5 Å². The summed E-state index contributed by atoms with van der Waals surface area (Å²) in [7, 11) is 1.61. The third-order valence-electron chi connectivity index (χ3n) is 2.31. The number of nitrogens with one attached hydrogen (secondary N) is 3. The van der Waals surface area contributed by atoms with Gasteiger partial charge in [0.15, 0.2) is 0 Å². The summed E-state index contributed by atoms with van der Waals surface area (Å²) in [5.74, 6) is 2.18. The van der Waals surface area contributed by atoms with Gasteiger partial charge in [-0.05, 0) is 13.3 Å². The Morgan fingerprint density at radius 2 is 1.89 bits per heavy atom. The van der Waals surface area contributed by atoms with Gasteiger partial charge in [-0.15, -0.1) is 0 Å². The summed E-state index contributed by atoms with van der Waals surface area (Å²) in [5, 5.41) is 8.70. The monoisotopic (exact) mass is 251 g/mol. The molecule has 0 aliphatic rings. The molecule has 6 heteroatoms. The second-order valence-electron chi connectivity index (χ2n) is 3.86. The lowest BCUT2D eigenvalue weighted by Gasteiger charge is -2.09. The molecule has 0 saturated carbocycles. The number of aromatic nitrogens is 2. The number of hydrogen-bond donors (Lipinski definition) is 3. The van der Waals surface area contributed by atoms with E-state index in [0.29, 0.717) is 5.82 Å². The SMILES string of the molecule is CCCc1nc(NCC)cc(NCC(=O)NC)n1. The van der Waals surface area contributed by atoms with Gasteiger partial charge in [-0.25, -0.2) is 9.97 Å². The molecule has 1 aromatic heterocycles. The summed E-state index contributed by atoms with van der Waals surface area (Å²) in [5.41, 5.74) is 0. The van der Waals surface area contributed by atoms with Crippen LogP contribution >= 0.6 is 0 Å². The molecule has 0 aliphatic carbocycles. The van der Waals surface area contributed by atoms with Crippen molar-refractivity contribution in [1.29, 1.82) is 0 Å². The third kappa shape index (κ3) is 4.57. The van der Waals surface area contributed by atoms with E-state index in [1.165, 1.54) is 0 Å². The van der Waals surface area contributed by atoms with Gasteiger partial charge < -0.3 is 16.0 Å². The van der Waals surface area contributed by atoms with Crippen LogP contribution in [-0.4, -0.2) is 36.0 Å². The number of amides is 1. The van der Waals surface area contributed by atoms with E-state index >= 15 is 0 Å². The molecule has 0 aromatic carbocycles. The molecule has 6 nitrogen and oxygen atoms in total. The summed E-state index contributed by atoms with van der Waals surface area (Å²) >= 11 is 0. The van der Waals surface area contributed by atoms with E-state index < -0.39 is 0 Å². The predicted molar refractivity (Wildman–Crippen MR) is 72.7 cm³/mol. The largest absolute Gasteiger partial charge is 0.370 e. The fourth-order valence-electron chi connectivity index (χ4n) is 1.45. The average molecular weight is 251 g/mol. The van der Waals surface area contributed by atoms with Crippen LogP contribution in [-0.2, 0) is 11.2 Å². The van der Waals surface area contributed by atoms with Crippen LogP contribution in [0.2, 0.25) is 0 Å². The lowest BCUT2D eigenvalue weighted by atomic mass is 10.3. The molecule has 0 radical (unpaired) electrons. The topological polar surface area (TPSA) is 78.9 Å². The van der Waals surface area contributed by atoms with Gasteiger partial charge in [-0.3, -0.25) is 4.79 Å². The Bertz CT molecular complexity index is 370. The smallest absolute Gasteiger partial charge is 0.239 e. The first-order valence-electron chi connectivity index (χ1n) is 6.25. The van der Waals surface area contributed by atoms with Gasteiger partial charge in [0.05, 0.1) is 6.54 Å². The minimum atomic E-state index is -0.0735. The van der Waals surface area contributed by atoms with Crippen LogP contribution in [0, 0.1) is 0 Å². The molecule has 100 valence electrons. The Morgan fingerprint density at radius 1 is 1.22 bits per heavy atom. The Labute approximate surface area is 108 Å². The van der Waals surface area contributed by atoms with Gasteiger partial charge in [0.1, 0.15) is 17.5 Å². The van der Waals surface area contributed by atoms with Gasteiger partial charge in [-0.2, -0.15) is 0 Å². The van der Waals surface area contributed by atoms with Gasteiger partial charge in [0.25, 0.3) is 0 Å². The molecule has 0 atom stereocenters. The van der Waals surface area contributed by atoms with Gasteiger partial charge in [0.2, 0.25) is 5.91 Å². The molecule has 1 aromatic rings. The highest BCUT2D eigenvalue weighted by atomic mass is 16.1. The summed E-state index contributed by atoms with van der Waals surface area (Å²) in [6, 6.07) is 1.81. The fourth-order valence-corrected chi connectivity index (χ4v) is 1.45. The van der Waals surface area contributed by atoms with Crippen molar-refractivity contribution in [3.05, 3.63) is 11.9 Å². The van der Waals surface area contributed by atoms with Gasteiger partial charge >= 0.3 is 0 Å². The third-order valence-corrected chi connectivity index (χ3v) is 2.31. The first kappa shape index (κ1) is 14.2. The zero-order valence-electron chi connectivity index (χ0n) is 11.2. The number of likely N-dealkylation sites (N-methyl/N-ethyl adjacent to an activating group) is 1. The molecule has 0 bridgehead atoms. The van der Waals surface area contributed by atoms with Crippen LogP contribution < -0.4 is 16.0 Å². The Kier molecular flexibility index (Phi) is 5.90.